The number of guanidine groups is 1. The van der Waals surface area contributed by atoms with E-state index in [2.05, 4.69) is 15.6 Å². The van der Waals surface area contributed by atoms with Crippen molar-refractivity contribution < 1.29 is 19.4 Å². The number of nitrogens with one attached hydrogen (secondary N) is 2. The predicted octanol–water partition coefficient (Wildman–Crippen LogP) is 0.140. The van der Waals surface area contributed by atoms with Gasteiger partial charge in [0.2, 0.25) is 0 Å². The molecule has 0 aromatic rings. The van der Waals surface area contributed by atoms with Crippen LogP contribution in [0.2, 0.25) is 0 Å². The van der Waals surface area contributed by atoms with Gasteiger partial charge in [-0.2, -0.15) is 0 Å². The third kappa shape index (κ3) is 5.81. The van der Waals surface area contributed by atoms with E-state index in [0.717, 1.165) is 19.6 Å². The van der Waals surface area contributed by atoms with Gasteiger partial charge in [-0.05, 0) is 19.8 Å². The van der Waals surface area contributed by atoms with Gasteiger partial charge in [-0.25, -0.2) is 0 Å². The summed E-state index contributed by atoms with van der Waals surface area (Å²) in [6.45, 7) is 7.08. The molecule has 0 bridgehead atoms. The summed E-state index contributed by atoms with van der Waals surface area (Å²) in [7, 11) is 1.39. The first-order valence-corrected chi connectivity index (χ1v) is 7.85. The largest absolute Gasteiger partial charge is 0.469 e. The highest BCUT2D eigenvalue weighted by Crippen LogP contribution is 2.32. The lowest BCUT2D eigenvalue weighted by Gasteiger charge is -2.25. The summed E-state index contributed by atoms with van der Waals surface area (Å²) >= 11 is 0. The molecule has 0 aliphatic carbocycles. The Balaban J connectivity index is 2.58. The van der Waals surface area contributed by atoms with Crippen molar-refractivity contribution in [2.75, 3.05) is 46.6 Å². The standard InChI is InChI=1S/C15H29N3O4/c1-4-16-14(17-9-12(2)13(20)21-3)18-10-15(5-7-19)6-8-22-11-15/h12,19H,4-11H2,1-3H3,(H2,16,17,18). The Labute approximate surface area is 132 Å². The Morgan fingerprint density at radius 3 is 2.82 bits per heavy atom. The van der Waals surface area contributed by atoms with Crippen LogP contribution in [0.4, 0.5) is 0 Å². The topological polar surface area (TPSA) is 92.2 Å². The average Bonchev–Trinajstić information content (AvgIpc) is 2.98. The van der Waals surface area contributed by atoms with Crippen LogP contribution in [-0.2, 0) is 14.3 Å². The predicted molar refractivity (Wildman–Crippen MR) is 84.7 cm³/mol. The normalized spacial score (nSPS) is 23.2. The molecule has 22 heavy (non-hydrogen) atoms. The third-order valence-electron chi connectivity index (χ3n) is 3.92. The molecule has 1 heterocycles. The number of carbonyl (C=O) groups excluding carboxylic acids is 1. The Kier molecular flexibility index (Phi) is 8.19. The molecule has 1 saturated heterocycles. The number of nitrogens with zero attached hydrogens (tertiary/aromatic N) is 1. The molecule has 7 heteroatoms. The SMILES string of the molecule is CCNC(=NCC1(CCO)CCOC1)NCC(C)C(=O)OC. The molecule has 0 aromatic heterocycles. The van der Waals surface area contributed by atoms with E-state index in [9.17, 15) is 9.90 Å². The number of hydrogen-bond donors (Lipinski definition) is 3. The molecular weight excluding hydrogens is 286 g/mol. The Bertz CT molecular complexity index is 368. The first-order chi connectivity index (χ1) is 10.6. The van der Waals surface area contributed by atoms with Crippen molar-refractivity contribution in [3.05, 3.63) is 0 Å². The number of aliphatic hydroxyl groups excluding tert-OH is 1. The number of ether oxygens (including phenoxy) is 2. The van der Waals surface area contributed by atoms with Crippen molar-refractivity contribution in [1.82, 2.24) is 10.6 Å². The minimum absolute atomic E-state index is 0.0783. The lowest BCUT2D eigenvalue weighted by molar-refractivity contribution is -0.144. The molecule has 1 fully saturated rings. The van der Waals surface area contributed by atoms with E-state index in [0.29, 0.717) is 32.1 Å². The maximum Gasteiger partial charge on any atom is 0.310 e. The van der Waals surface area contributed by atoms with Gasteiger partial charge in [-0.3, -0.25) is 9.79 Å². The zero-order valence-electron chi connectivity index (χ0n) is 13.9. The first kappa shape index (κ1) is 18.7. The number of hydrogen-bond acceptors (Lipinski definition) is 5. The Morgan fingerprint density at radius 1 is 1.50 bits per heavy atom. The molecule has 1 aliphatic heterocycles. The van der Waals surface area contributed by atoms with Crippen LogP contribution in [0.5, 0.6) is 0 Å². The van der Waals surface area contributed by atoms with Gasteiger partial charge in [-0.15, -0.1) is 0 Å². The summed E-state index contributed by atoms with van der Waals surface area (Å²) in [6, 6.07) is 0. The lowest BCUT2D eigenvalue weighted by Crippen LogP contribution is -2.41. The fraction of sp³-hybridized carbons (Fsp3) is 0.867. The maximum absolute atomic E-state index is 11.4. The zero-order valence-corrected chi connectivity index (χ0v) is 13.9. The van der Waals surface area contributed by atoms with E-state index in [1.807, 2.05) is 6.92 Å². The smallest absolute Gasteiger partial charge is 0.310 e. The molecule has 0 radical (unpaired) electrons. The Hall–Kier alpha value is -1.34. The monoisotopic (exact) mass is 315 g/mol. The number of aliphatic hydroxyl groups is 1. The van der Waals surface area contributed by atoms with Crippen molar-refractivity contribution in [3.8, 4) is 0 Å². The first-order valence-electron chi connectivity index (χ1n) is 7.85. The van der Waals surface area contributed by atoms with E-state index in [-0.39, 0.29) is 23.9 Å². The van der Waals surface area contributed by atoms with Crippen LogP contribution in [-0.4, -0.2) is 63.6 Å². The van der Waals surface area contributed by atoms with Gasteiger partial charge in [0, 0.05) is 31.7 Å². The van der Waals surface area contributed by atoms with E-state index in [1.54, 1.807) is 6.92 Å². The highest BCUT2D eigenvalue weighted by Gasteiger charge is 2.34. The average molecular weight is 315 g/mol. The van der Waals surface area contributed by atoms with Gasteiger partial charge >= 0.3 is 5.97 Å². The molecule has 7 nitrogen and oxygen atoms in total. The van der Waals surface area contributed by atoms with Crippen LogP contribution in [0, 0.1) is 11.3 Å². The molecule has 1 aliphatic rings. The fourth-order valence-electron chi connectivity index (χ4n) is 2.41. The summed E-state index contributed by atoms with van der Waals surface area (Å²) in [6.07, 6.45) is 1.60. The van der Waals surface area contributed by atoms with Crippen molar-refractivity contribution in [3.63, 3.8) is 0 Å². The van der Waals surface area contributed by atoms with Gasteiger partial charge in [-0.1, -0.05) is 6.92 Å². The third-order valence-corrected chi connectivity index (χ3v) is 3.92. The highest BCUT2D eigenvalue weighted by atomic mass is 16.5. The quantitative estimate of drug-likeness (QED) is 0.335. The molecule has 2 unspecified atom stereocenters. The van der Waals surface area contributed by atoms with Gasteiger partial charge in [0.05, 0.1) is 26.2 Å². The molecular formula is C15H29N3O4. The number of esters is 1. The molecule has 0 aromatic carbocycles. The summed E-state index contributed by atoms with van der Waals surface area (Å²) in [4.78, 5) is 16.0. The van der Waals surface area contributed by atoms with Gasteiger partial charge in [0.25, 0.3) is 0 Å². The highest BCUT2D eigenvalue weighted by molar-refractivity contribution is 5.80. The minimum atomic E-state index is -0.246. The molecule has 128 valence electrons. The van der Waals surface area contributed by atoms with Gasteiger partial charge in [0.1, 0.15) is 0 Å². The van der Waals surface area contributed by atoms with Crippen LogP contribution < -0.4 is 10.6 Å². The van der Waals surface area contributed by atoms with Crippen molar-refractivity contribution in [2.24, 2.45) is 16.3 Å². The Morgan fingerprint density at radius 2 is 2.27 bits per heavy atom. The summed E-state index contributed by atoms with van der Waals surface area (Å²) < 4.78 is 10.2. The maximum atomic E-state index is 11.4. The second-order valence-electron chi connectivity index (χ2n) is 5.78. The molecule has 3 N–H and O–H groups in total. The van der Waals surface area contributed by atoms with Crippen molar-refractivity contribution in [2.45, 2.75) is 26.7 Å². The van der Waals surface area contributed by atoms with Crippen LogP contribution in [0.25, 0.3) is 0 Å². The molecule has 0 amide bonds. The number of methoxy groups -OCH3 is 1. The van der Waals surface area contributed by atoms with E-state index in [4.69, 9.17) is 9.47 Å². The van der Waals surface area contributed by atoms with Crippen LogP contribution in [0.3, 0.4) is 0 Å². The molecule has 1 rings (SSSR count). The second-order valence-corrected chi connectivity index (χ2v) is 5.78. The number of carbonyl (C=O) groups is 1. The number of aliphatic imine (C=N–C) groups is 1. The van der Waals surface area contributed by atoms with E-state index < -0.39 is 0 Å². The molecule has 2 atom stereocenters. The lowest BCUT2D eigenvalue weighted by atomic mass is 9.84. The van der Waals surface area contributed by atoms with Gasteiger partial charge < -0.3 is 25.2 Å². The van der Waals surface area contributed by atoms with Crippen LogP contribution in [0.15, 0.2) is 4.99 Å². The minimum Gasteiger partial charge on any atom is -0.469 e. The number of rotatable bonds is 8. The molecule has 0 spiro atoms. The summed E-state index contributed by atoms with van der Waals surface area (Å²) in [5.41, 5.74) is -0.0783. The fourth-order valence-corrected chi connectivity index (χ4v) is 2.41. The van der Waals surface area contributed by atoms with E-state index >= 15 is 0 Å². The van der Waals surface area contributed by atoms with Gasteiger partial charge in [0.15, 0.2) is 5.96 Å². The van der Waals surface area contributed by atoms with Crippen LogP contribution in [0.1, 0.15) is 26.7 Å². The van der Waals surface area contributed by atoms with Crippen molar-refractivity contribution >= 4 is 11.9 Å². The van der Waals surface area contributed by atoms with Crippen LogP contribution >= 0.6 is 0 Å². The molecule has 0 saturated carbocycles. The van der Waals surface area contributed by atoms with E-state index in [1.165, 1.54) is 7.11 Å². The second kappa shape index (κ2) is 9.63. The summed E-state index contributed by atoms with van der Waals surface area (Å²) in [5.74, 6) is 0.182. The summed E-state index contributed by atoms with van der Waals surface area (Å²) in [5, 5.41) is 15.6. The zero-order chi connectivity index (χ0) is 16.4. The van der Waals surface area contributed by atoms with Crippen molar-refractivity contribution in [1.29, 1.82) is 0 Å².